The average Bonchev–Trinajstić information content (AvgIpc) is 2.89. The number of halogens is 2. The number of carbonyl (C=O) groups is 1. The molecule has 1 aromatic heterocycles. The number of nitrogens with zero attached hydrogens (tertiary/aromatic N) is 3. The fourth-order valence-electron chi connectivity index (χ4n) is 3.61. The molecule has 2 aromatic rings. The predicted octanol–water partition coefficient (Wildman–Crippen LogP) is 4.14. The molecular weight excluding hydrogens is 340 g/mol. The Labute approximate surface area is 151 Å². The van der Waals surface area contributed by atoms with E-state index < -0.39 is 18.0 Å². The van der Waals surface area contributed by atoms with Crippen LogP contribution in [0.3, 0.4) is 0 Å². The highest BCUT2D eigenvalue weighted by molar-refractivity contribution is 5.94. The Morgan fingerprint density at radius 2 is 2.15 bits per heavy atom. The number of rotatable bonds is 4. The van der Waals surface area contributed by atoms with E-state index in [1.54, 1.807) is 0 Å². The van der Waals surface area contributed by atoms with Crippen LogP contribution in [0.1, 0.15) is 64.5 Å². The van der Waals surface area contributed by atoms with Crippen LogP contribution in [0.2, 0.25) is 0 Å². The smallest absolute Gasteiger partial charge is 0.275 e. The normalized spacial score (nSPS) is 17.1. The van der Waals surface area contributed by atoms with Crippen LogP contribution in [0.15, 0.2) is 24.4 Å². The molecule has 0 fully saturated rings. The van der Waals surface area contributed by atoms with Gasteiger partial charge in [-0.3, -0.25) is 14.3 Å². The second-order valence-corrected chi connectivity index (χ2v) is 6.68. The summed E-state index contributed by atoms with van der Waals surface area (Å²) in [4.78, 5) is 18.4. The Balaban J connectivity index is 2.01. The minimum absolute atomic E-state index is 0.122. The van der Waals surface area contributed by atoms with Gasteiger partial charge in [0.05, 0.1) is 18.7 Å². The van der Waals surface area contributed by atoms with Gasteiger partial charge in [-0.25, -0.2) is 13.8 Å². The maximum atomic E-state index is 13.3. The standard InChI is InChI=1S/C19H23F2N3O2/c1-12-8-9-13-6-4-5-7-16(14(13)10-12)24(26-3)19(25)15-11-23(2)22-17(15)18(20)21/h8-11,16,18H,4-7H2,1-3H3. The summed E-state index contributed by atoms with van der Waals surface area (Å²) < 4.78 is 27.8. The highest BCUT2D eigenvalue weighted by Gasteiger charge is 2.33. The summed E-state index contributed by atoms with van der Waals surface area (Å²) >= 11 is 0. The lowest BCUT2D eigenvalue weighted by Crippen LogP contribution is -2.34. The lowest BCUT2D eigenvalue weighted by atomic mass is 9.96. The van der Waals surface area contributed by atoms with E-state index in [1.165, 1.54) is 35.7 Å². The Kier molecular flexibility index (Phi) is 5.36. The number of fused-ring (bicyclic) bond motifs is 1. The number of aromatic nitrogens is 2. The highest BCUT2D eigenvalue weighted by Crippen LogP contribution is 2.35. The molecule has 5 nitrogen and oxygen atoms in total. The Morgan fingerprint density at radius 3 is 2.85 bits per heavy atom. The number of hydrogen-bond acceptors (Lipinski definition) is 3. The number of hydrogen-bond donors (Lipinski definition) is 0. The topological polar surface area (TPSA) is 47.4 Å². The van der Waals surface area contributed by atoms with Crippen LogP contribution in [0.25, 0.3) is 0 Å². The molecule has 0 radical (unpaired) electrons. The lowest BCUT2D eigenvalue weighted by Gasteiger charge is -2.30. The summed E-state index contributed by atoms with van der Waals surface area (Å²) in [6.45, 7) is 2.00. The Hall–Kier alpha value is -2.28. The molecule has 0 spiro atoms. The Bertz CT molecular complexity index is 804. The van der Waals surface area contributed by atoms with E-state index >= 15 is 0 Å². The van der Waals surface area contributed by atoms with Crippen LogP contribution in [0.5, 0.6) is 0 Å². The minimum Gasteiger partial charge on any atom is -0.275 e. The van der Waals surface area contributed by atoms with E-state index in [0.29, 0.717) is 0 Å². The maximum absolute atomic E-state index is 13.3. The van der Waals surface area contributed by atoms with E-state index in [9.17, 15) is 13.6 Å². The summed E-state index contributed by atoms with van der Waals surface area (Å²) in [6.07, 6.45) is 2.11. The molecule has 0 bridgehead atoms. The first-order chi connectivity index (χ1) is 12.4. The fourth-order valence-corrected chi connectivity index (χ4v) is 3.61. The second kappa shape index (κ2) is 7.53. The van der Waals surface area contributed by atoms with Crippen molar-refractivity contribution in [2.45, 2.75) is 45.1 Å². The predicted molar refractivity (Wildman–Crippen MR) is 92.8 cm³/mol. The van der Waals surface area contributed by atoms with Crippen LogP contribution >= 0.6 is 0 Å². The molecule has 1 aromatic carbocycles. The third-order valence-corrected chi connectivity index (χ3v) is 4.81. The zero-order valence-corrected chi connectivity index (χ0v) is 15.2. The number of hydroxylamine groups is 2. The third-order valence-electron chi connectivity index (χ3n) is 4.81. The molecule has 1 atom stereocenters. The van der Waals surface area contributed by atoms with Crippen molar-refractivity contribution in [3.8, 4) is 0 Å². The summed E-state index contributed by atoms with van der Waals surface area (Å²) in [5.74, 6) is -0.588. The van der Waals surface area contributed by atoms with Gasteiger partial charge in [0.1, 0.15) is 5.69 Å². The number of aryl methyl sites for hydroxylation is 3. The number of amides is 1. The van der Waals surface area contributed by atoms with Gasteiger partial charge in [-0.05, 0) is 37.3 Å². The van der Waals surface area contributed by atoms with E-state index in [1.807, 2.05) is 6.92 Å². The first-order valence-corrected chi connectivity index (χ1v) is 8.71. The second-order valence-electron chi connectivity index (χ2n) is 6.68. The van der Waals surface area contributed by atoms with Gasteiger partial charge in [-0.15, -0.1) is 0 Å². The van der Waals surface area contributed by atoms with Crippen molar-refractivity contribution in [2.24, 2.45) is 7.05 Å². The minimum atomic E-state index is -2.82. The van der Waals surface area contributed by atoms with E-state index in [2.05, 4.69) is 23.3 Å². The summed E-state index contributed by atoms with van der Waals surface area (Å²) in [7, 11) is 2.92. The van der Waals surface area contributed by atoms with Gasteiger partial charge in [-0.1, -0.05) is 30.2 Å². The van der Waals surface area contributed by atoms with Crippen LogP contribution in [-0.2, 0) is 18.3 Å². The van der Waals surface area contributed by atoms with Crippen molar-refractivity contribution in [3.05, 3.63) is 52.3 Å². The number of alkyl halides is 2. The van der Waals surface area contributed by atoms with E-state index in [-0.39, 0.29) is 11.6 Å². The molecular formula is C19H23F2N3O2. The van der Waals surface area contributed by atoms with E-state index in [4.69, 9.17) is 4.84 Å². The molecule has 26 heavy (non-hydrogen) atoms. The van der Waals surface area contributed by atoms with Crippen molar-refractivity contribution in [1.82, 2.24) is 14.8 Å². The molecule has 140 valence electrons. The van der Waals surface area contributed by atoms with Crippen LogP contribution in [0.4, 0.5) is 8.78 Å². The molecule has 0 aliphatic heterocycles. The highest BCUT2D eigenvalue weighted by atomic mass is 19.3. The van der Waals surface area contributed by atoms with Crippen molar-refractivity contribution < 1.29 is 18.4 Å². The van der Waals surface area contributed by atoms with Gasteiger partial charge < -0.3 is 0 Å². The summed E-state index contributed by atoms with van der Waals surface area (Å²) in [6, 6.07) is 5.88. The number of benzene rings is 1. The van der Waals surface area contributed by atoms with Crippen molar-refractivity contribution in [1.29, 1.82) is 0 Å². The van der Waals surface area contributed by atoms with Crippen LogP contribution in [-0.4, -0.2) is 27.9 Å². The largest absolute Gasteiger partial charge is 0.282 e. The van der Waals surface area contributed by atoms with Gasteiger partial charge >= 0.3 is 0 Å². The number of carbonyl (C=O) groups excluding carboxylic acids is 1. The zero-order valence-electron chi connectivity index (χ0n) is 15.2. The molecule has 1 aliphatic carbocycles. The SMILES string of the molecule is CON(C(=O)c1cn(C)nc1C(F)F)C1CCCCc2ccc(C)cc21. The molecule has 0 N–H and O–H groups in total. The van der Waals surface area contributed by atoms with Gasteiger partial charge in [0.15, 0.2) is 0 Å². The monoisotopic (exact) mass is 363 g/mol. The van der Waals surface area contributed by atoms with Crippen LogP contribution < -0.4 is 0 Å². The van der Waals surface area contributed by atoms with Crippen molar-refractivity contribution >= 4 is 5.91 Å². The third kappa shape index (κ3) is 3.49. The fraction of sp³-hybridized carbons (Fsp3) is 0.474. The van der Waals surface area contributed by atoms with Crippen LogP contribution in [0, 0.1) is 6.92 Å². The quantitative estimate of drug-likeness (QED) is 0.606. The molecule has 0 saturated heterocycles. The summed E-state index contributed by atoms with van der Waals surface area (Å²) in [5.41, 5.74) is 2.66. The van der Waals surface area contributed by atoms with Crippen molar-refractivity contribution in [2.75, 3.05) is 7.11 Å². The Morgan fingerprint density at radius 1 is 1.38 bits per heavy atom. The molecule has 0 saturated carbocycles. The van der Waals surface area contributed by atoms with Gasteiger partial charge in [0, 0.05) is 13.2 Å². The van der Waals surface area contributed by atoms with E-state index in [0.717, 1.165) is 36.8 Å². The molecule has 1 aliphatic rings. The summed E-state index contributed by atoms with van der Waals surface area (Å²) in [5, 5.41) is 4.96. The van der Waals surface area contributed by atoms with Crippen molar-refractivity contribution in [3.63, 3.8) is 0 Å². The molecule has 1 amide bonds. The molecule has 1 heterocycles. The molecule has 1 unspecified atom stereocenters. The first kappa shape index (κ1) is 18.5. The van der Waals surface area contributed by atoms with Gasteiger partial charge in [0.2, 0.25) is 0 Å². The molecule has 7 heteroatoms. The lowest BCUT2D eigenvalue weighted by molar-refractivity contribution is -0.126. The van der Waals surface area contributed by atoms with Gasteiger partial charge in [0.25, 0.3) is 12.3 Å². The zero-order chi connectivity index (χ0) is 18.8. The van der Waals surface area contributed by atoms with Gasteiger partial charge in [-0.2, -0.15) is 5.10 Å². The molecule has 3 rings (SSSR count). The maximum Gasteiger partial charge on any atom is 0.282 e. The first-order valence-electron chi connectivity index (χ1n) is 8.71. The average molecular weight is 363 g/mol.